The van der Waals surface area contributed by atoms with Crippen LogP contribution < -0.4 is 5.32 Å². The average molecular weight is 372 g/mol. The highest BCUT2D eigenvalue weighted by Crippen LogP contribution is 2.27. The molecular weight excluding hydrogens is 346 g/mol. The van der Waals surface area contributed by atoms with E-state index in [1.165, 1.54) is 5.56 Å². The molecule has 1 N–H and O–H groups in total. The maximum Gasteiger partial charge on any atom is 0.144 e. The zero-order valence-electron chi connectivity index (χ0n) is 15.6. The van der Waals surface area contributed by atoms with Gasteiger partial charge in [0.15, 0.2) is 0 Å². The van der Waals surface area contributed by atoms with Crippen LogP contribution in [0.2, 0.25) is 5.02 Å². The molecule has 2 aromatic rings. The first-order valence-corrected chi connectivity index (χ1v) is 9.43. The quantitative estimate of drug-likeness (QED) is 0.627. The van der Waals surface area contributed by atoms with Crippen LogP contribution in [0, 0.1) is 12.8 Å². The third-order valence-electron chi connectivity index (χ3n) is 4.60. The molecule has 0 aliphatic carbocycles. The van der Waals surface area contributed by atoms with Gasteiger partial charge in [-0.15, -0.1) is 0 Å². The van der Waals surface area contributed by atoms with Crippen molar-refractivity contribution in [3.05, 3.63) is 70.2 Å². The molecule has 2 rings (SSSR count). The van der Waals surface area contributed by atoms with Crippen molar-refractivity contribution in [3.63, 3.8) is 0 Å². The van der Waals surface area contributed by atoms with E-state index in [9.17, 15) is 9.59 Å². The van der Waals surface area contributed by atoms with Gasteiger partial charge < -0.3 is 5.32 Å². The van der Waals surface area contributed by atoms with Gasteiger partial charge in [-0.3, -0.25) is 9.59 Å². The van der Waals surface area contributed by atoms with E-state index < -0.39 is 5.92 Å². The van der Waals surface area contributed by atoms with Crippen LogP contribution >= 0.6 is 11.6 Å². The number of halogens is 1. The number of aryl methyl sites for hydroxylation is 1. The summed E-state index contributed by atoms with van der Waals surface area (Å²) in [7, 11) is 0. The van der Waals surface area contributed by atoms with Crippen molar-refractivity contribution >= 4 is 23.2 Å². The van der Waals surface area contributed by atoms with Crippen molar-refractivity contribution < 1.29 is 9.59 Å². The molecule has 26 heavy (non-hydrogen) atoms. The summed E-state index contributed by atoms with van der Waals surface area (Å²) >= 11 is 6.01. The lowest BCUT2D eigenvalue weighted by molar-refractivity contribution is -0.133. The van der Waals surface area contributed by atoms with Gasteiger partial charge in [0.1, 0.15) is 11.6 Å². The summed E-state index contributed by atoms with van der Waals surface area (Å²) in [5.74, 6) is -0.752. The maximum atomic E-state index is 12.6. The minimum absolute atomic E-state index is 0.0341. The Labute approximate surface area is 160 Å². The van der Waals surface area contributed by atoms with Crippen LogP contribution in [0.15, 0.2) is 48.5 Å². The van der Waals surface area contributed by atoms with Crippen molar-refractivity contribution in [1.82, 2.24) is 5.32 Å². The number of hydrogen-bond donors (Lipinski definition) is 1. The second-order valence-electron chi connectivity index (χ2n) is 6.51. The zero-order chi connectivity index (χ0) is 19.1. The Bertz CT molecular complexity index is 722. The van der Waals surface area contributed by atoms with E-state index in [1.807, 2.05) is 19.1 Å². The molecule has 0 heterocycles. The normalized spacial score (nSPS) is 12.2. The Morgan fingerprint density at radius 2 is 1.46 bits per heavy atom. The topological polar surface area (TPSA) is 46.2 Å². The average Bonchev–Trinajstić information content (AvgIpc) is 2.66. The molecule has 4 heteroatoms. The molecule has 0 radical (unpaired) electrons. The Morgan fingerprint density at radius 1 is 0.923 bits per heavy atom. The van der Waals surface area contributed by atoms with Gasteiger partial charge in [0.25, 0.3) is 0 Å². The Kier molecular flexibility index (Phi) is 7.55. The fourth-order valence-electron chi connectivity index (χ4n) is 3.02. The van der Waals surface area contributed by atoms with Crippen LogP contribution in [0.5, 0.6) is 0 Å². The first kappa shape index (κ1) is 20.3. The lowest BCUT2D eigenvalue weighted by Gasteiger charge is -2.27. The number of nitrogens with one attached hydrogen (secondary N) is 1. The molecule has 2 aromatic carbocycles. The van der Waals surface area contributed by atoms with E-state index >= 15 is 0 Å². The summed E-state index contributed by atoms with van der Waals surface area (Å²) in [6.07, 6.45) is 0.680. The minimum atomic E-state index is -0.684. The van der Waals surface area contributed by atoms with E-state index in [4.69, 9.17) is 11.6 Å². The fraction of sp³-hybridized carbons (Fsp3) is 0.364. The fourth-order valence-corrected chi connectivity index (χ4v) is 3.15. The standard InChI is InChI=1S/C22H26ClNO2/c1-4-19(25)21(20(26)5-2)22(17-10-12-18(23)13-11-17)24-14-16-8-6-15(3)7-9-16/h6-13,21-22,24H,4-5,14H2,1-3H3. The van der Waals surface area contributed by atoms with Gasteiger partial charge in [0, 0.05) is 30.5 Å². The number of carbonyl (C=O) groups is 2. The predicted octanol–water partition coefficient (Wildman–Crippen LogP) is 5.05. The molecule has 0 amide bonds. The van der Waals surface area contributed by atoms with E-state index in [0.717, 1.165) is 11.1 Å². The highest BCUT2D eigenvalue weighted by atomic mass is 35.5. The Balaban J connectivity index is 2.33. The molecule has 1 unspecified atom stereocenters. The van der Waals surface area contributed by atoms with Gasteiger partial charge in [-0.05, 0) is 30.2 Å². The number of carbonyl (C=O) groups excluding carboxylic acids is 2. The number of ketones is 2. The summed E-state index contributed by atoms with van der Waals surface area (Å²) in [4.78, 5) is 25.1. The van der Waals surface area contributed by atoms with Gasteiger partial charge in [-0.1, -0.05) is 67.4 Å². The summed E-state index contributed by atoms with van der Waals surface area (Å²) in [6.45, 7) is 6.23. The lowest BCUT2D eigenvalue weighted by Crippen LogP contribution is -2.37. The van der Waals surface area contributed by atoms with E-state index in [0.29, 0.717) is 24.4 Å². The van der Waals surface area contributed by atoms with Crippen molar-refractivity contribution in [3.8, 4) is 0 Å². The largest absolute Gasteiger partial charge is 0.305 e. The van der Waals surface area contributed by atoms with Crippen molar-refractivity contribution in [2.24, 2.45) is 5.92 Å². The third kappa shape index (κ3) is 5.26. The highest BCUT2D eigenvalue weighted by Gasteiger charge is 2.33. The smallest absolute Gasteiger partial charge is 0.144 e. The molecular formula is C22H26ClNO2. The summed E-state index contributed by atoms with van der Waals surface area (Å²) in [6, 6.07) is 15.2. The lowest BCUT2D eigenvalue weighted by atomic mass is 9.84. The van der Waals surface area contributed by atoms with E-state index in [2.05, 4.69) is 29.6 Å². The molecule has 0 aromatic heterocycles. The summed E-state index contributed by atoms with van der Waals surface area (Å²) in [5, 5.41) is 4.07. The molecule has 0 bridgehead atoms. The van der Waals surface area contributed by atoms with Crippen LogP contribution in [0.25, 0.3) is 0 Å². The third-order valence-corrected chi connectivity index (χ3v) is 4.85. The van der Waals surface area contributed by atoms with Gasteiger partial charge in [-0.25, -0.2) is 0 Å². The molecule has 0 aliphatic rings. The molecule has 3 nitrogen and oxygen atoms in total. The van der Waals surface area contributed by atoms with E-state index in [-0.39, 0.29) is 17.6 Å². The Hall–Kier alpha value is -1.97. The summed E-state index contributed by atoms with van der Waals surface area (Å²) in [5.41, 5.74) is 3.21. The van der Waals surface area contributed by atoms with Gasteiger partial charge in [0.2, 0.25) is 0 Å². The monoisotopic (exact) mass is 371 g/mol. The van der Waals surface area contributed by atoms with E-state index in [1.54, 1.807) is 26.0 Å². The van der Waals surface area contributed by atoms with Crippen molar-refractivity contribution in [1.29, 1.82) is 0 Å². The van der Waals surface area contributed by atoms with Crippen molar-refractivity contribution in [2.75, 3.05) is 0 Å². The minimum Gasteiger partial charge on any atom is -0.305 e. The molecule has 138 valence electrons. The van der Waals surface area contributed by atoms with Crippen LogP contribution in [0.3, 0.4) is 0 Å². The molecule has 1 atom stereocenters. The SMILES string of the molecule is CCC(=O)C(C(=O)CC)C(NCc1ccc(C)cc1)c1ccc(Cl)cc1. The number of benzene rings is 2. The maximum absolute atomic E-state index is 12.6. The second kappa shape index (κ2) is 9.65. The van der Waals surface area contributed by atoms with Gasteiger partial charge >= 0.3 is 0 Å². The van der Waals surface area contributed by atoms with Crippen LogP contribution in [0.1, 0.15) is 49.4 Å². The Morgan fingerprint density at radius 3 is 1.96 bits per heavy atom. The zero-order valence-corrected chi connectivity index (χ0v) is 16.3. The molecule has 0 aliphatic heterocycles. The molecule has 0 saturated carbocycles. The second-order valence-corrected chi connectivity index (χ2v) is 6.95. The number of hydrogen-bond acceptors (Lipinski definition) is 3. The van der Waals surface area contributed by atoms with Gasteiger partial charge in [-0.2, -0.15) is 0 Å². The van der Waals surface area contributed by atoms with Crippen LogP contribution in [0.4, 0.5) is 0 Å². The molecule has 0 fully saturated rings. The van der Waals surface area contributed by atoms with Gasteiger partial charge in [0.05, 0.1) is 5.92 Å². The molecule has 0 spiro atoms. The van der Waals surface area contributed by atoms with Crippen LogP contribution in [-0.4, -0.2) is 11.6 Å². The first-order valence-electron chi connectivity index (χ1n) is 9.06. The first-order chi connectivity index (χ1) is 12.5. The number of rotatable bonds is 9. The van der Waals surface area contributed by atoms with Crippen molar-refractivity contribution in [2.45, 2.75) is 46.2 Å². The molecule has 0 saturated heterocycles. The summed E-state index contributed by atoms with van der Waals surface area (Å²) < 4.78 is 0. The predicted molar refractivity (Wildman–Crippen MR) is 106 cm³/mol. The highest BCUT2D eigenvalue weighted by molar-refractivity contribution is 6.30. The number of Topliss-reactive ketones (excluding diaryl/α,β-unsaturated/α-hetero) is 2. The van der Waals surface area contributed by atoms with Crippen LogP contribution in [-0.2, 0) is 16.1 Å².